The molecule has 0 radical (unpaired) electrons. The van der Waals surface area contributed by atoms with Gasteiger partial charge >= 0.3 is 6.18 Å². The van der Waals surface area contributed by atoms with E-state index in [1.807, 2.05) is 10.8 Å². The number of piperidine rings is 1. The Hall–Kier alpha value is -2.38. The Balaban J connectivity index is 1.72. The van der Waals surface area contributed by atoms with E-state index in [0.29, 0.717) is 13.1 Å². The minimum atomic E-state index is -4.50. The SMILES string of the molecule is O=C(c1ccc(C(F)(F)F)nc1)N1CCCC(n2ccnc2)C1. The van der Waals surface area contributed by atoms with Crippen LogP contribution in [0.1, 0.15) is 34.9 Å². The number of carbonyl (C=O) groups excluding carboxylic acids is 1. The van der Waals surface area contributed by atoms with Crippen molar-refractivity contribution in [1.82, 2.24) is 19.4 Å². The predicted molar refractivity (Wildman–Crippen MR) is 75.6 cm³/mol. The van der Waals surface area contributed by atoms with Crippen LogP contribution in [0.5, 0.6) is 0 Å². The van der Waals surface area contributed by atoms with Gasteiger partial charge in [0, 0.05) is 31.7 Å². The van der Waals surface area contributed by atoms with Gasteiger partial charge < -0.3 is 9.47 Å². The fourth-order valence-corrected chi connectivity index (χ4v) is 2.74. The minimum Gasteiger partial charge on any atom is -0.337 e. The standard InChI is InChI=1S/C15H15F3N4O/c16-15(17,18)13-4-3-11(8-20-13)14(23)21-6-1-2-12(9-21)22-7-5-19-10-22/h3-5,7-8,10,12H,1-2,6,9H2. The van der Waals surface area contributed by atoms with E-state index in [2.05, 4.69) is 9.97 Å². The number of halogens is 3. The summed E-state index contributed by atoms with van der Waals surface area (Å²) in [7, 11) is 0. The van der Waals surface area contributed by atoms with Gasteiger partial charge in [-0.25, -0.2) is 4.98 Å². The van der Waals surface area contributed by atoms with Gasteiger partial charge in [-0.2, -0.15) is 13.2 Å². The smallest absolute Gasteiger partial charge is 0.337 e. The third-order valence-electron chi connectivity index (χ3n) is 3.93. The number of rotatable bonds is 2. The van der Waals surface area contributed by atoms with Crippen LogP contribution in [0.25, 0.3) is 0 Å². The third-order valence-corrected chi connectivity index (χ3v) is 3.93. The molecule has 1 saturated heterocycles. The molecule has 0 aliphatic carbocycles. The van der Waals surface area contributed by atoms with E-state index >= 15 is 0 Å². The predicted octanol–water partition coefficient (Wildman–Crippen LogP) is 2.77. The Morgan fingerprint density at radius 1 is 1.30 bits per heavy atom. The maximum atomic E-state index is 12.5. The number of aromatic nitrogens is 3. The largest absolute Gasteiger partial charge is 0.433 e. The molecule has 8 heteroatoms. The van der Waals surface area contributed by atoms with E-state index in [1.165, 1.54) is 6.07 Å². The van der Waals surface area contributed by atoms with Crippen molar-refractivity contribution in [3.63, 3.8) is 0 Å². The van der Waals surface area contributed by atoms with Crippen molar-refractivity contribution in [1.29, 1.82) is 0 Å². The lowest BCUT2D eigenvalue weighted by atomic mass is 10.0. The molecule has 1 amide bonds. The zero-order chi connectivity index (χ0) is 16.4. The first-order valence-electron chi connectivity index (χ1n) is 7.25. The molecule has 0 spiro atoms. The Labute approximate surface area is 130 Å². The van der Waals surface area contributed by atoms with Crippen molar-refractivity contribution < 1.29 is 18.0 Å². The fourth-order valence-electron chi connectivity index (χ4n) is 2.74. The summed E-state index contributed by atoms with van der Waals surface area (Å²) in [4.78, 5) is 21.5. The van der Waals surface area contributed by atoms with Crippen molar-refractivity contribution in [3.8, 4) is 0 Å². The molecule has 1 fully saturated rings. The maximum absolute atomic E-state index is 12.5. The number of nitrogens with zero attached hydrogens (tertiary/aromatic N) is 4. The van der Waals surface area contributed by atoms with E-state index < -0.39 is 11.9 Å². The molecule has 0 bridgehead atoms. The summed E-state index contributed by atoms with van der Waals surface area (Å²) in [6, 6.07) is 2.15. The van der Waals surface area contributed by atoms with Crippen LogP contribution in [0.15, 0.2) is 37.1 Å². The number of hydrogen-bond donors (Lipinski definition) is 0. The number of imidazole rings is 1. The Morgan fingerprint density at radius 2 is 2.13 bits per heavy atom. The first-order chi connectivity index (χ1) is 10.9. The molecule has 1 aliphatic rings. The number of alkyl halides is 3. The van der Waals surface area contributed by atoms with Gasteiger partial charge in [-0.3, -0.25) is 9.78 Å². The van der Waals surface area contributed by atoms with Gasteiger partial charge in [0.25, 0.3) is 5.91 Å². The highest BCUT2D eigenvalue weighted by Gasteiger charge is 2.32. The molecule has 1 unspecified atom stereocenters. The Bertz CT molecular complexity index is 667. The summed E-state index contributed by atoms with van der Waals surface area (Å²) in [6.45, 7) is 1.10. The van der Waals surface area contributed by atoms with Gasteiger partial charge in [0.05, 0.1) is 17.9 Å². The van der Waals surface area contributed by atoms with E-state index in [9.17, 15) is 18.0 Å². The molecule has 3 heterocycles. The summed E-state index contributed by atoms with van der Waals surface area (Å²) in [5.41, 5.74) is -0.826. The van der Waals surface area contributed by atoms with E-state index in [-0.39, 0.29) is 17.5 Å². The van der Waals surface area contributed by atoms with Crippen molar-refractivity contribution >= 4 is 5.91 Å². The summed E-state index contributed by atoms with van der Waals surface area (Å²) < 4.78 is 39.5. The highest BCUT2D eigenvalue weighted by atomic mass is 19.4. The lowest BCUT2D eigenvalue weighted by Gasteiger charge is -2.33. The molecule has 122 valence electrons. The molecule has 0 N–H and O–H groups in total. The molecular weight excluding hydrogens is 309 g/mol. The molecule has 0 saturated carbocycles. The molecule has 1 atom stereocenters. The van der Waals surface area contributed by atoms with Crippen molar-refractivity contribution in [2.45, 2.75) is 25.1 Å². The van der Waals surface area contributed by atoms with Crippen LogP contribution >= 0.6 is 0 Å². The van der Waals surface area contributed by atoms with Crippen LogP contribution in [0.3, 0.4) is 0 Å². The van der Waals surface area contributed by atoms with Gasteiger partial charge in [-0.05, 0) is 25.0 Å². The molecular formula is C15H15F3N4O. The maximum Gasteiger partial charge on any atom is 0.433 e. The van der Waals surface area contributed by atoms with Crippen molar-refractivity contribution in [2.24, 2.45) is 0 Å². The third kappa shape index (κ3) is 3.35. The molecule has 5 nitrogen and oxygen atoms in total. The van der Waals surface area contributed by atoms with E-state index in [0.717, 1.165) is 25.1 Å². The van der Waals surface area contributed by atoms with E-state index in [4.69, 9.17) is 0 Å². The van der Waals surface area contributed by atoms with Crippen LogP contribution in [0, 0.1) is 0 Å². The molecule has 1 aliphatic heterocycles. The van der Waals surface area contributed by atoms with Crippen molar-refractivity contribution in [3.05, 3.63) is 48.3 Å². The Morgan fingerprint density at radius 3 is 2.74 bits per heavy atom. The Kier molecular flexibility index (Phi) is 4.06. The van der Waals surface area contributed by atoms with Crippen LogP contribution in [-0.4, -0.2) is 38.4 Å². The van der Waals surface area contributed by atoms with Gasteiger partial charge in [0.1, 0.15) is 5.69 Å². The topological polar surface area (TPSA) is 51.0 Å². The lowest BCUT2D eigenvalue weighted by Crippen LogP contribution is -2.40. The quantitative estimate of drug-likeness (QED) is 0.853. The average molecular weight is 324 g/mol. The first-order valence-corrected chi connectivity index (χ1v) is 7.25. The fraction of sp³-hybridized carbons (Fsp3) is 0.400. The number of likely N-dealkylation sites (tertiary alicyclic amines) is 1. The number of pyridine rings is 1. The zero-order valence-corrected chi connectivity index (χ0v) is 12.2. The average Bonchev–Trinajstić information content (AvgIpc) is 3.08. The van der Waals surface area contributed by atoms with E-state index in [1.54, 1.807) is 17.4 Å². The second kappa shape index (κ2) is 6.02. The van der Waals surface area contributed by atoms with Crippen LogP contribution < -0.4 is 0 Å². The molecule has 2 aromatic heterocycles. The number of hydrogen-bond acceptors (Lipinski definition) is 3. The van der Waals surface area contributed by atoms with Gasteiger partial charge in [0.2, 0.25) is 0 Å². The molecule has 0 aromatic carbocycles. The zero-order valence-electron chi connectivity index (χ0n) is 12.2. The second-order valence-electron chi connectivity index (χ2n) is 5.49. The van der Waals surface area contributed by atoms with Gasteiger partial charge in [-0.15, -0.1) is 0 Å². The summed E-state index contributed by atoms with van der Waals surface area (Å²) in [5, 5.41) is 0. The second-order valence-corrected chi connectivity index (χ2v) is 5.49. The number of carbonyl (C=O) groups is 1. The monoisotopic (exact) mass is 324 g/mol. The van der Waals surface area contributed by atoms with Crippen LogP contribution in [0.4, 0.5) is 13.2 Å². The minimum absolute atomic E-state index is 0.137. The summed E-state index contributed by atoms with van der Waals surface area (Å²) >= 11 is 0. The molecule has 23 heavy (non-hydrogen) atoms. The van der Waals surface area contributed by atoms with Gasteiger partial charge in [-0.1, -0.05) is 0 Å². The first kappa shape index (κ1) is 15.5. The highest BCUT2D eigenvalue weighted by molar-refractivity contribution is 5.94. The van der Waals surface area contributed by atoms with Crippen LogP contribution in [0.2, 0.25) is 0 Å². The highest BCUT2D eigenvalue weighted by Crippen LogP contribution is 2.28. The van der Waals surface area contributed by atoms with Crippen LogP contribution in [-0.2, 0) is 6.18 Å². The normalized spacial score (nSPS) is 18.9. The van der Waals surface area contributed by atoms with Gasteiger partial charge in [0.15, 0.2) is 0 Å². The summed E-state index contributed by atoms with van der Waals surface area (Å²) in [6.07, 6.45) is 3.50. The lowest BCUT2D eigenvalue weighted by molar-refractivity contribution is -0.141. The number of amides is 1. The molecule has 2 aromatic rings. The molecule has 3 rings (SSSR count). The van der Waals surface area contributed by atoms with Crippen molar-refractivity contribution in [2.75, 3.05) is 13.1 Å². The summed E-state index contributed by atoms with van der Waals surface area (Å²) in [5.74, 6) is -0.295.